The number of aliphatic hydroxyl groups is 1. The number of hydrogen-bond donors (Lipinski definition) is 1. The largest absolute Gasteiger partial charge is 0.384 e. The molecule has 2 bridgehead atoms. The number of fused-ring (bicyclic) bond motifs is 2. The predicted molar refractivity (Wildman–Crippen MR) is 66.5 cm³/mol. The molecule has 4 heteroatoms. The molecule has 1 N–H and O–H groups in total. The topological polar surface area (TPSA) is 53.2 Å². The second kappa shape index (κ2) is 4.03. The highest BCUT2D eigenvalue weighted by molar-refractivity contribution is 5.32. The quantitative estimate of drug-likeness (QED) is 0.889. The van der Waals surface area contributed by atoms with Gasteiger partial charge in [0.05, 0.1) is 18.3 Å². The van der Waals surface area contributed by atoms with Gasteiger partial charge in [0, 0.05) is 0 Å². The molecule has 4 unspecified atom stereocenters. The van der Waals surface area contributed by atoms with Crippen LogP contribution >= 0.6 is 0 Å². The molecular weight excluding hydrogens is 245 g/mol. The van der Waals surface area contributed by atoms with Crippen molar-refractivity contribution < 1.29 is 14.2 Å². The van der Waals surface area contributed by atoms with E-state index in [-0.39, 0.29) is 12.2 Å². The van der Waals surface area contributed by atoms with Gasteiger partial charge in [-0.25, -0.2) is 4.39 Å². The van der Waals surface area contributed by atoms with Gasteiger partial charge in [0.15, 0.2) is 0 Å². The van der Waals surface area contributed by atoms with Crippen molar-refractivity contribution in [3.05, 3.63) is 35.6 Å². The van der Waals surface area contributed by atoms with Gasteiger partial charge in [0.1, 0.15) is 16.8 Å². The summed E-state index contributed by atoms with van der Waals surface area (Å²) in [4.78, 5) is 0. The Morgan fingerprint density at radius 3 is 2.84 bits per heavy atom. The Morgan fingerprint density at radius 2 is 2.32 bits per heavy atom. The molecule has 0 aromatic heterocycles. The third kappa shape index (κ3) is 1.62. The first-order chi connectivity index (χ1) is 8.99. The average Bonchev–Trinajstić information content (AvgIpc) is 2.99. The van der Waals surface area contributed by atoms with E-state index in [9.17, 15) is 14.8 Å². The minimum Gasteiger partial charge on any atom is -0.384 e. The van der Waals surface area contributed by atoms with Gasteiger partial charge in [-0.05, 0) is 43.9 Å². The number of halogens is 1. The fourth-order valence-corrected chi connectivity index (χ4v) is 3.50. The highest BCUT2D eigenvalue weighted by Gasteiger charge is 2.62. The summed E-state index contributed by atoms with van der Waals surface area (Å²) in [5.41, 5.74) is -1.96. The molecule has 2 aliphatic heterocycles. The van der Waals surface area contributed by atoms with Crippen molar-refractivity contribution in [3.63, 3.8) is 0 Å². The summed E-state index contributed by atoms with van der Waals surface area (Å²) < 4.78 is 19.1. The molecule has 0 saturated carbocycles. The highest BCUT2D eigenvalue weighted by Crippen LogP contribution is 2.56. The molecule has 2 heterocycles. The van der Waals surface area contributed by atoms with Crippen LogP contribution in [0.15, 0.2) is 24.3 Å². The number of benzene rings is 1. The van der Waals surface area contributed by atoms with Crippen LogP contribution in [-0.4, -0.2) is 17.3 Å². The second-order valence-electron chi connectivity index (χ2n) is 5.69. The zero-order valence-corrected chi connectivity index (χ0v) is 10.8. The molecule has 1 aromatic carbocycles. The zero-order valence-electron chi connectivity index (χ0n) is 10.8. The van der Waals surface area contributed by atoms with E-state index in [1.165, 1.54) is 12.1 Å². The van der Waals surface area contributed by atoms with Crippen LogP contribution in [0.2, 0.25) is 0 Å². The van der Waals surface area contributed by atoms with Crippen LogP contribution in [0.25, 0.3) is 0 Å². The Labute approximate surface area is 111 Å². The molecule has 0 aliphatic carbocycles. The lowest BCUT2D eigenvalue weighted by molar-refractivity contribution is -0.0775. The normalized spacial score (nSPS) is 35.9. The summed E-state index contributed by atoms with van der Waals surface area (Å²) in [5.74, 6) is -0.407. The van der Waals surface area contributed by atoms with Gasteiger partial charge in [0.2, 0.25) is 0 Å². The smallest absolute Gasteiger partial charge is 0.123 e. The van der Waals surface area contributed by atoms with E-state index >= 15 is 0 Å². The summed E-state index contributed by atoms with van der Waals surface area (Å²) in [6.07, 6.45) is 2.01. The molecule has 3 rings (SSSR count). The number of rotatable bonds is 2. The molecule has 0 spiro atoms. The fourth-order valence-electron chi connectivity index (χ4n) is 3.50. The lowest BCUT2D eigenvalue weighted by Gasteiger charge is -2.41. The first-order valence-corrected chi connectivity index (χ1v) is 6.55. The highest BCUT2D eigenvalue weighted by atomic mass is 19.1. The second-order valence-corrected chi connectivity index (χ2v) is 5.69. The van der Waals surface area contributed by atoms with Crippen molar-refractivity contribution in [1.82, 2.24) is 0 Å². The van der Waals surface area contributed by atoms with Gasteiger partial charge in [-0.1, -0.05) is 12.1 Å². The van der Waals surface area contributed by atoms with Gasteiger partial charge >= 0.3 is 0 Å². The molecule has 4 atom stereocenters. The molecular formula is C15H16FNO2. The summed E-state index contributed by atoms with van der Waals surface area (Å²) in [6, 6.07) is 8.11. The fraction of sp³-hybridized carbons (Fsp3) is 0.533. The molecule has 2 saturated heterocycles. The maximum absolute atomic E-state index is 13.4. The Balaban J connectivity index is 2.06. The van der Waals surface area contributed by atoms with Crippen LogP contribution in [0.1, 0.15) is 31.7 Å². The Morgan fingerprint density at radius 1 is 1.53 bits per heavy atom. The van der Waals surface area contributed by atoms with Crippen LogP contribution < -0.4 is 0 Å². The minimum atomic E-state index is -1.41. The summed E-state index contributed by atoms with van der Waals surface area (Å²) >= 11 is 0. The molecule has 2 fully saturated rings. The van der Waals surface area contributed by atoms with Crippen molar-refractivity contribution in [2.24, 2.45) is 5.41 Å². The molecule has 3 nitrogen and oxygen atoms in total. The maximum Gasteiger partial charge on any atom is 0.123 e. The number of ether oxygens (including phenoxy) is 1. The standard InChI is InChI=1S/C15H16FNO2/c1-14(18,10-3-2-4-11(16)7-10)15(9-17)8-12-5-6-13(15)19-12/h2-4,7,12-13,18H,5-6,8H2,1H3. The zero-order chi connectivity index (χ0) is 13.7. The Hall–Kier alpha value is -1.44. The minimum absolute atomic E-state index is 0.0460. The molecule has 1 aromatic rings. The van der Waals surface area contributed by atoms with Crippen molar-refractivity contribution >= 4 is 0 Å². The van der Waals surface area contributed by atoms with E-state index in [4.69, 9.17) is 4.74 Å². The van der Waals surface area contributed by atoms with Gasteiger partial charge in [-0.2, -0.15) is 5.26 Å². The number of nitriles is 1. The van der Waals surface area contributed by atoms with Crippen molar-refractivity contribution in [2.45, 2.75) is 44.0 Å². The van der Waals surface area contributed by atoms with Crippen molar-refractivity contribution in [1.29, 1.82) is 5.26 Å². The number of hydrogen-bond acceptors (Lipinski definition) is 3. The lowest BCUT2D eigenvalue weighted by atomic mass is 9.62. The van der Waals surface area contributed by atoms with Gasteiger partial charge in [-0.3, -0.25) is 0 Å². The van der Waals surface area contributed by atoms with Crippen LogP contribution in [0.3, 0.4) is 0 Å². The molecule has 0 amide bonds. The van der Waals surface area contributed by atoms with Crippen LogP contribution in [0.4, 0.5) is 4.39 Å². The van der Waals surface area contributed by atoms with E-state index in [2.05, 4.69) is 6.07 Å². The molecule has 0 radical (unpaired) electrons. The van der Waals surface area contributed by atoms with Crippen molar-refractivity contribution in [3.8, 4) is 6.07 Å². The van der Waals surface area contributed by atoms with E-state index < -0.39 is 16.8 Å². The SMILES string of the molecule is CC(O)(c1cccc(F)c1)C1(C#N)CC2CCC1O2. The van der Waals surface area contributed by atoms with Gasteiger partial charge < -0.3 is 9.84 Å². The summed E-state index contributed by atoms with van der Waals surface area (Å²) in [5, 5.41) is 20.5. The predicted octanol–water partition coefficient (Wildman–Crippen LogP) is 2.49. The van der Waals surface area contributed by atoms with E-state index in [1.54, 1.807) is 19.1 Å². The molecule has 2 aliphatic rings. The van der Waals surface area contributed by atoms with Gasteiger partial charge in [-0.15, -0.1) is 0 Å². The Bertz CT molecular complexity index is 551. The van der Waals surface area contributed by atoms with E-state index in [1.807, 2.05) is 0 Å². The third-order valence-electron chi connectivity index (χ3n) is 4.66. The van der Waals surface area contributed by atoms with Crippen molar-refractivity contribution in [2.75, 3.05) is 0 Å². The van der Waals surface area contributed by atoms with Crippen LogP contribution in [0, 0.1) is 22.6 Å². The maximum atomic E-state index is 13.4. The average molecular weight is 261 g/mol. The lowest BCUT2D eigenvalue weighted by Crippen LogP contribution is -2.49. The van der Waals surface area contributed by atoms with Crippen LogP contribution in [-0.2, 0) is 10.3 Å². The Kier molecular flexibility index (Phi) is 2.67. The summed E-state index contributed by atoms with van der Waals surface area (Å²) in [7, 11) is 0. The molecule has 19 heavy (non-hydrogen) atoms. The first kappa shape index (κ1) is 12.6. The molecule has 100 valence electrons. The summed E-state index contributed by atoms with van der Waals surface area (Å²) in [6.45, 7) is 1.59. The van der Waals surface area contributed by atoms with Gasteiger partial charge in [0.25, 0.3) is 0 Å². The first-order valence-electron chi connectivity index (χ1n) is 6.55. The van der Waals surface area contributed by atoms with E-state index in [0.29, 0.717) is 12.0 Å². The monoisotopic (exact) mass is 261 g/mol. The van der Waals surface area contributed by atoms with Crippen LogP contribution in [0.5, 0.6) is 0 Å². The van der Waals surface area contributed by atoms with E-state index in [0.717, 1.165) is 12.8 Å². The number of nitrogens with zero attached hydrogens (tertiary/aromatic N) is 1. The third-order valence-corrected chi connectivity index (χ3v) is 4.66.